The maximum Gasteiger partial charge on any atom is 0.244 e. The SMILES string of the molecule is CCNC(=O)[C@@H](CC)N(Cc1cccc(C)c1)C(=O)CN(c1ccc(C)cc1)S(C)(=O)=O. The first kappa shape index (κ1) is 25.4. The van der Waals surface area contributed by atoms with Crippen LogP contribution in [-0.4, -0.2) is 50.5 Å². The van der Waals surface area contributed by atoms with Crippen LogP contribution in [0.1, 0.15) is 37.0 Å². The molecule has 0 fully saturated rings. The monoisotopic (exact) mass is 459 g/mol. The molecule has 0 bridgehead atoms. The van der Waals surface area contributed by atoms with Crippen LogP contribution in [0.2, 0.25) is 0 Å². The maximum absolute atomic E-state index is 13.5. The summed E-state index contributed by atoms with van der Waals surface area (Å²) in [5.74, 6) is -0.687. The summed E-state index contributed by atoms with van der Waals surface area (Å²) in [6, 6.07) is 14.0. The van der Waals surface area contributed by atoms with Crippen molar-refractivity contribution in [2.75, 3.05) is 23.7 Å². The summed E-state index contributed by atoms with van der Waals surface area (Å²) in [6.07, 6.45) is 1.49. The molecule has 0 aliphatic carbocycles. The number of carbonyl (C=O) groups is 2. The van der Waals surface area contributed by atoms with E-state index in [4.69, 9.17) is 0 Å². The van der Waals surface area contributed by atoms with Crippen LogP contribution in [0, 0.1) is 13.8 Å². The number of rotatable bonds is 10. The second-order valence-electron chi connectivity index (χ2n) is 7.93. The standard InChI is InChI=1S/C24H33N3O4S/c1-6-22(24(29)25-7-2)26(16-20-10-8-9-19(4)15-20)23(28)17-27(32(5,30)31)21-13-11-18(3)12-14-21/h8-15,22H,6-7,16-17H2,1-5H3,(H,25,29)/t22-/m1/s1. The number of nitrogens with one attached hydrogen (secondary N) is 1. The zero-order valence-electron chi connectivity index (χ0n) is 19.5. The highest BCUT2D eigenvalue weighted by atomic mass is 32.2. The average Bonchev–Trinajstić information content (AvgIpc) is 2.72. The van der Waals surface area contributed by atoms with Gasteiger partial charge in [-0.15, -0.1) is 0 Å². The number of likely N-dealkylation sites (N-methyl/N-ethyl adjacent to an activating group) is 1. The van der Waals surface area contributed by atoms with Crippen molar-refractivity contribution in [1.29, 1.82) is 0 Å². The minimum Gasteiger partial charge on any atom is -0.355 e. The van der Waals surface area contributed by atoms with Gasteiger partial charge in [0.1, 0.15) is 12.6 Å². The second-order valence-corrected chi connectivity index (χ2v) is 9.84. The van der Waals surface area contributed by atoms with Gasteiger partial charge in [0.25, 0.3) is 0 Å². The second kappa shape index (κ2) is 11.1. The molecule has 0 aliphatic rings. The fraction of sp³-hybridized carbons (Fsp3) is 0.417. The van der Waals surface area contributed by atoms with Crippen LogP contribution in [0.5, 0.6) is 0 Å². The summed E-state index contributed by atoms with van der Waals surface area (Å²) in [7, 11) is -3.72. The van der Waals surface area contributed by atoms with E-state index in [0.29, 0.717) is 18.7 Å². The van der Waals surface area contributed by atoms with Crippen LogP contribution in [-0.2, 0) is 26.2 Å². The minimum absolute atomic E-state index is 0.210. The van der Waals surface area contributed by atoms with Crippen molar-refractivity contribution in [3.05, 3.63) is 65.2 Å². The van der Waals surface area contributed by atoms with E-state index in [-0.39, 0.29) is 19.0 Å². The Hall–Kier alpha value is -2.87. The fourth-order valence-electron chi connectivity index (χ4n) is 3.54. The zero-order chi connectivity index (χ0) is 23.9. The summed E-state index contributed by atoms with van der Waals surface area (Å²) in [4.78, 5) is 27.7. The van der Waals surface area contributed by atoms with E-state index in [1.807, 2.05) is 52.0 Å². The van der Waals surface area contributed by atoms with Gasteiger partial charge in [0.15, 0.2) is 0 Å². The Morgan fingerprint density at radius 3 is 2.19 bits per heavy atom. The number of amides is 2. The molecule has 174 valence electrons. The molecule has 0 saturated heterocycles. The number of nitrogens with zero attached hydrogens (tertiary/aromatic N) is 2. The van der Waals surface area contributed by atoms with Gasteiger partial charge in [-0.1, -0.05) is 54.4 Å². The van der Waals surface area contributed by atoms with Crippen molar-refractivity contribution in [2.24, 2.45) is 0 Å². The Kier molecular flexibility index (Phi) is 8.83. The van der Waals surface area contributed by atoms with E-state index in [2.05, 4.69) is 5.32 Å². The lowest BCUT2D eigenvalue weighted by molar-refractivity contribution is -0.140. The number of hydrogen-bond acceptors (Lipinski definition) is 4. The summed E-state index contributed by atoms with van der Waals surface area (Å²) in [5, 5.41) is 2.79. The largest absolute Gasteiger partial charge is 0.355 e. The smallest absolute Gasteiger partial charge is 0.244 e. The Morgan fingerprint density at radius 2 is 1.66 bits per heavy atom. The van der Waals surface area contributed by atoms with Crippen molar-refractivity contribution in [3.8, 4) is 0 Å². The molecule has 2 rings (SSSR count). The Balaban J connectivity index is 2.42. The normalized spacial score (nSPS) is 12.2. The number of anilines is 1. The molecule has 2 aromatic rings. The lowest BCUT2D eigenvalue weighted by Crippen LogP contribution is -2.52. The Labute approximate surface area is 191 Å². The summed E-state index contributed by atoms with van der Waals surface area (Å²) >= 11 is 0. The molecule has 0 saturated carbocycles. The van der Waals surface area contributed by atoms with Gasteiger partial charge < -0.3 is 10.2 Å². The molecule has 8 heteroatoms. The maximum atomic E-state index is 13.5. The average molecular weight is 460 g/mol. The molecule has 2 amide bonds. The van der Waals surface area contributed by atoms with Crippen molar-refractivity contribution in [2.45, 2.75) is 46.7 Å². The first-order valence-corrected chi connectivity index (χ1v) is 12.6. The van der Waals surface area contributed by atoms with Crippen LogP contribution in [0.4, 0.5) is 5.69 Å². The van der Waals surface area contributed by atoms with E-state index in [1.165, 1.54) is 4.90 Å². The minimum atomic E-state index is -3.72. The Morgan fingerprint density at radius 1 is 1.00 bits per heavy atom. The molecule has 0 radical (unpaired) electrons. The molecule has 0 heterocycles. The molecular weight excluding hydrogens is 426 g/mol. The molecule has 2 aromatic carbocycles. The van der Waals surface area contributed by atoms with E-state index < -0.39 is 22.0 Å². The van der Waals surface area contributed by atoms with E-state index >= 15 is 0 Å². The van der Waals surface area contributed by atoms with E-state index in [0.717, 1.165) is 27.3 Å². The quantitative estimate of drug-likeness (QED) is 0.592. The molecule has 0 unspecified atom stereocenters. The molecule has 1 atom stereocenters. The highest BCUT2D eigenvalue weighted by molar-refractivity contribution is 7.92. The molecular formula is C24H33N3O4S. The zero-order valence-corrected chi connectivity index (χ0v) is 20.3. The summed E-state index contributed by atoms with van der Waals surface area (Å²) in [6.45, 7) is 7.79. The molecule has 0 aromatic heterocycles. The lowest BCUT2D eigenvalue weighted by atomic mass is 10.1. The number of carbonyl (C=O) groups excluding carboxylic acids is 2. The van der Waals surface area contributed by atoms with Gasteiger partial charge in [0.05, 0.1) is 11.9 Å². The van der Waals surface area contributed by atoms with Crippen molar-refractivity contribution in [3.63, 3.8) is 0 Å². The summed E-state index contributed by atoms with van der Waals surface area (Å²) < 4.78 is 26.1. The number of aryl methyl sites for hydroxylation is 2. The van der Waals surface area contributed by atoms with E-state index in [1.54, 1.807) is 24.3 Å². The predicted octanol–water partition coefficient (Wildman–Crippen LogP) is 3.01. The third kappa shape index (κ3) is 6.82. The Bertz CT molecular complexity index is 1040. The molecule has 32 heavy (non-hydrogen) atoms. The van der Waals surface area contributed by atoms with Gasteiger partial charge in [-0.3, -0.25) is 13.9 Å². The van der Waals surface area contributed by atoms with Crippen molar-refractivity contribution in [1.82, 2.24) is 10.2 Å². The van der Waals surface area contributed by atoms with E-state index in [9.17, 15) is 18.0 Å². The molecule has 0 aliphatic heterocycles. The molecule has 0 spiro atoms. The first-order chi connectivity index (χ1) is 15.1. The van der Waals surface area contributed by atoms with Gasteiger partial charge in [-0.05, 0) is 44.9 Å². The van der Waals surface area contributed by atoms with Gasteiger partial charge in [0, 0.05) is 13.1 Å². The third-order valence-corrected chi connectivity index (χ3v) is 6.31. The van der Waals surface area contributed by atoms with Gasteiger partial charge in [-0.25, -0.2) is 8.42 Å². The van der Waals surface area contributed by atoms with Crippen molar-refractivity contribution >= 4 is 27.5 Å². The molecule has 7 nitrogen and oxygen atoms in total. The van der Waals surface area contributed by atoms with Crippen molar-refractivity contribution < 1.29 is 18.0 Å². The van der Waals surface area contributed by atoms with Gasteiger partial charge in [0.2, 0.25) is 21.8 Å². The molecule has 1 N–H and O–H groups in total. The van der Waals surface area contributed by atoms with Crippen LogP contribution in [0.3, 0.4) is 0 Å². The number of hydrogen-bond donors (Lipinski definition) is 1. The van der Waals surface area contributed by atoms with Crippen LogP contribution in [0.15, 0.2) is 48.5 Å². The van der Waals surface area contributed by atoms with Crippen LogP contribution in [0.25, 0.3) is 0 Å². The number of sulfonamides is 1. The number of benzene rings is 2. The fourth-order valence-corrected chi connectivity index (χ4v) is 4.39. The van der Waals surface area contributed by atoms with Crippen LogP contribution >= 0.6 is 0 Å². The summed E-state index contributed by atoms with van der Waals surface area (Å²) in [5.41, 5.74) is 3.31. The first-order valence-electron chi connectivity index (χ1n) is 10.7. The third-order valence-electron chi connectivity index (χ3n) is 5.17. The highest BCUT2D eigenvalue weighted by Crippen LogP contribution is 2.20. The van der Waals surface area contributed by atoms with Crippen LogP contribution < -0.4 is 9.62 Å². The van der Waals surface area contributed by atoms with Gasteiger partial charge >= 0.3 is 0 Å². The predicted molar refractivity (Wildman–Crippen MR) is 128 cm³/mol. The van der Waals surface area contributed by atoms with Gasteiger partial charge in [-0.2, -0.15) is 0 Å². The topological polar surface area (TPSA) is 86.8 Å². The lowest BCUT2D eigenvalue weighted by Gasteiger charge is -2.32. The highest BCUT2D eigenvalue weighted by Gasteiger charge is 2.31.